The molecule has 0 amide bonds. The minimum Gasteiger partial charge on any atom is -0.456 e. The Hall–Kier alpha value is -6.38. The maximum Gasteiger partial charge on any atom is 0.135 e. The molecule has 2 nitrogen and oxygen atoms in total. The van der Waals surface area contributed by atoms with E-state index in [0.717, 1.165) is 39.0 Å². The van der Waals surface area contributed by atoms with Gasteiger partial charge in [-0.3, -0.25) is 0 Å². The Morgan fingerprint density at radius 2 is 0.898 bits per heavy atom. The molecule has 2 aliphatic carbocycles. The molecular formula is C47H29NO. The van der Waals surface area contributed by atoms with Crippen molar-refractivity contribution < 1.29 is 4.42 Å². The van der Waals surface area contributed by atoms with E-state index in [4.69, 9.17) is 4.42 Å². The van der Waals surface area contributed by atoms with Crippen LogP contribution in [0, 0.1) is 0 Å². The van der Waals surface area contributed by atoms with Gasteiger partial charge in [0.15, 0.2) is 0 Å². The zero-order valence-electron chi connectivity index (χ0n) is 26.6. The molecule has 49 heavy (non-hydrogen) atoms. The Labute approximate surface area is 284 Å². The van der Waals surface area contributed by atoms with Crippen molar-refractivity contribution in [2.45, 2.75) is 5.41 Å². The molecule has 0 fully saturated rings. The van der Waals surface area contributed by atoms with Gasteiger partial charge in [0.05, 0.1) is 11.1 Å². The maximum atomic E-state index is 6.28. The van der Waals surface area contributed by atoms with Gasteiger partial charge in [0.2, 0.25) is 0 Å². The van der Waals surface area contributed by atoms with Crippen molar-refractivity contribution >= 4 is 49.8 Å². The summed E-state index contributed by atoms with van der Waals surface area (Å²) in [5, 5.41) is 4.66. The normalized spacial score (nSPS) is 13.5. The molecule has 0 N–H and O–H groups in total. The van der Waals surface area contributed by atoms with Crippen molar-refractivity contribution in [2.24, 2.45) is 0 Å². The molecule has 2 aliphatic rings. The molecule has 0 bridgehead atoms. The summed E-state index contributed by atoms with van der Waals surface area (Å²) in [5.41, 5.74) is 15.3. The molecule has 2 heteroatoms. The molecule has 1 spiro atoms. The highest BCUT2D eigenvalue weighted by atomic mass is 16.3. The van der Waals surface area contributed by atoms with Gasteiger partial charge in [-0.25, -0.2) is 0 Å². The summed E-state index contributed by atoms with van der Waals surface area (Å²) in [6, 6.07) is 64.4. The second-order valence-corrected chi connectivity index (χ2v) is 13.2. The van der Waals surface area contributed by atoms with E-state index in [1.54, 1.807) is 0 Å². The Morgan fingerprint density at radius 3 is 1.63 bits per heavy atom. The summed E-state index contributed by atoms with van der Waals surface area (Å²) in [6.45, 7) is 0. The van der Waals surface area contributed by atoms with Crippen molar-refractivity contribution in [1.82, 2.24) is 0 Å². The lowest BCUT2D eigenvalue weighted by molar-refractivity contribution is 0.669. The van der Waals surface area contributed by atoms with Crippen LogP contribution in [0.15, 0.2) is 180 Å². The minimum absolute atomic E-state index is 0.412. The molecule has 228 valence electrons. The number of nitrogens with zero attached hydrogens (tertiary/aromatic N) is 1. The quantitative estimate of drug-likeness (QED) is 0.195. The minimum atomic E-state index is -0.412. The topological polar surface area (TPSA) is 16.4 Å². The lowest BCUT2D eigenvalue weighted by Gasteiger charge is -2.32. The number of fused-ring (bicyclic) bond motifs is 14. The first-order valence-electron chi connectivity index (χ1n) is 16.9. The number of rotatable bonds is 3. The van der Waals surface area contributed by atoms with Crippen LogP contribution in [0.1, 0.15) is 22.3 Å². The molecule has 1 aromatic heterocycles. The summed E-state index contributed by atoms with van der Waals surface area (Å²) in [5.74, 6) is 0. The van der Waals surface area contributed by atoms with Crippen molar-refractivity contribution in [1.29, 1.82) is 0 Å². The third-order valence-electron chi connectivity index (χ3n) is 10.9. The number of hydrogen-bond acceptors (Lipinski definition) is 2. The summed E-state index contributed by atoms with van der Waals surface area (Å²) in [6.07, 6.45) is 0. The number of anilines is 3. The van der Waals surface area contributed by atoms with E-state index in [1.807, 2.05) is 12.1 Å². The first kappa shape index (κ1) is 26.7. The van der Waals surface area contributed by atoms with E-state index in [0.29, 0.717) is 0 Å². The van der Waals surface area contributed by atoms with E-state index in [9.17, 15) is 0 Å². The Bertz CT molecular complexity index is 2740. The van der Waals surface area contributed by atoms with Crippen LogP contribution in [0.3, 0.4) is 0 Å². The highest BCUT2D eigenvalue weighted by molar-refractivity contribution is 6.08. The zero-order valence-corrected chi connectivity index (χ0v) is 26.6. The molecule has 8 aromatic carbocycles. The lowest BCUT2D eigenvalue weighted by atomic mass is 9.70. The van der Waals surface area contributed by atoms with Crippen molar-refractivity contribution in [3.8, 4) is 22.3 Å². The standard InChI is InChI=1S/C47H29NO/c1-2-14-33-30(12-1)13-11-22-44(33)48(31-25-27-46-39(28-31)38-18-6-10-23-45(38)49-46)32-24-26-37-36-17-5-9-21-42(36)47(43(37)29-32)40-19-7-3-15-34(40)35-16-4-8-20-41(35)47/h1-29H. The smallest absolute Gasteiger partial charge is 0.135 e. The average Bonchev–Trinajstić information content (AvgIpc) is 3.79. The highest BCUT2D eigenvalue weighted by Crippen LogP contribution is 2.63. The molecular weight excluding hydrogens is 595 g/mol. The highest BCUT2D eigenvalue weighted by Gasteiger charge is 2.51. The van der Waals surface area contributed by atoms with Crippen LogP contribution < -0.4 is 4.90 Å². The number of furan rings is 1. The van der Waals surface area contributed by atoms with E-state index >= 15 is 0 Å². The van der Waals surface area contributed by atoms with Crippen LogP contribution >= 0.6 is 0 Å². The predicted molar refractivity (Wildman–Crippen MR) is 202 cm³/mol. The van der Waals surface area contributed by atoms with E-state index < -0.39 is 5.41 Å². The molecule has 9 aromatic rings. The molecule has 0 atom stereocenters. The molecule has 0 unspecified atom stereocenters. The van der Waals surface area contributed by atoms with E-state index in [-0.39, 0.29) is 0 Å². The maximum absolute atomic E-state index is 6.28. The molecule has 0 radical (unpaired) electrons. The van der Waals surface area contributed by atoms with Gasteiger partial charge in [-0.1, -0.05) is 133 Å². The predicted octanol–water partition coefficient (Wildman–Crippen LogP) is 12.6. The van der Waals surface area contributed by atoms with Crippen molar-refractivity contribution in [2.75, 3.05) is 4.90 Å². The van der Waals surface area contributed by atoms with Gasteiger partial charge in [0, 0.05) is 27.5 Å². The van der Waals surface area contributed by atoms with E-state index in [2.05, 4.69) is 169 Å². The first-order chi connectivity index (χ1) is 24.3. The van der Waals surface area contributed by atoms with Crippen molar-refractivity contribution in [3.63, 3.8) is 0 Å². The number of benzene rings is 8. The summed E-state index contributed by atoms with van der Waals surface area (Å²) in [7, 11) is 0. The largest absolute Gasteiger partial charge is 0.456 e. The van der Waals surface area contributed by atoms with Gasteiger partial charge in [0.25, 0.3) is 0 Å². The molecule has 1 heterocycles. The van der Waals surface area contributed by atoms with Gasteiger partial charge in [-0.2, -0.15) is 0 Å². The number of para-hydroxylation sites is 1. The molecule has 0 saturated carbocycles. The zero-order chi connectivity index (χ0) is 32.1. The van der Waals surface area contributed by atoms with Gasteiger partial charge in [-0.05, 0) is 92.4 Å². The third-order valence-corrected chi connectivity index (χ3v) is 10.9. The summed E-state index contributed by atoms with van der Waals surface area (Å²) >= 11 is 0. The van der Waals surface area contributed by atoms with Crippen LogP contribution in [-0.4, -0.2) is 0 Å². The second-order valence-electron chi connectivity index (χ2n) is 13.2. The van der Waals surface area contributed by atoms with Gasteiger partial charge in [-0.15, -0.1) is 0 Å². The summed E-state index contributed by atoms with van der Waals surface area (Å²) in [4.78, 5) is 2.44. The fraction of sp³-hybridized carbons (Fsp3) is 0.0213. The Kier molecular flexibility index (Phi) is 5.34. The number of hydrogen-bond donors (Lipinski definition) is 0. The monoisotopic (exact) mass is 623 g/mol. The van der Waals surface area contributed by atoms with Gasteiger partial charge in [0.1, 0.15) is 11.2 Å². The summed E-state index contributed by atoms with van der Waals surface area (Å²) < 4.78 is 6.28. The second kappa shape index (κ2) is 9.82. The van der Waals surface area contributed by atoms with E-state index in [1.165, 1.54) is 55.3 Å². The molecule has 0 saturated heterocycles. The fourth-order valence-corrected chi connectivity index (χ4v) is 8.91. The van der Waals surface area contributed by atoms with Crippen LogP contribution in [0.2, 0.25) is 0 Å². The van der Waals surface area contributed by atoms with Crippen LogP contribution in [0.5, 0.6) is 0 Å². The Morgan fingerprint density at radius 1 is 0.367 bits per heavy atom. The third kappa shape index (κ3) is 3.50. The van der Waals surface area contributed by atoms with Crippen LogP contribution in [0.4, 0.5) is 17.1 Å². The fourth-order valence-electron chi connectivity index (χ4n) is 8.91. The lowest BCUT2D eigenvalue weighted by Crippen LogP contribution is -2.26. The van der Waals surface area contributed by atoms with Gasteiger partial charge >= 0.3 is 0 Å². The molecule has 0 aliphatic heterocycles. The van der Waals surface area contributed by atoms with Crippen molar-refractivity contribution in [3.05, 3.63) is 198 Å². The van der Waals surface area contributed by atoms with Gasteiger partial charge < -0.3 is 9.32 Å². The Balaban J connectivity index is 1.23. The SMILES string of the molecule is c1ccc2c(c1)-c1ccccc1C21c2ccccc2-c2ccc(N(c3ccc4oc5ccccc5c4c3)c3cccc4ccccc34)cc21. The first-order valence-corrected chi connectivity index (χ1v) is 16.9. The molecule has 11 rings (SSSR count). The van der Waals surface area contributed by atoms with Crippen LogP contribution in [0.25, 0.3) is 55.0 Å². The van der Waals surface area contributed by atoms with Crippen LogP contribution in [-0.2, 0) is 5.41 Å². The average molecular weight is 624 g/mol.